The van der Waals surface area contributed by atoms with Crippen LogP contribution < -0.4 is 9.47 Å². The Bertz CT molecular complexity index is 1460. The Balaban J connectivity index is 1.63. The molecule has 0 amide bonds. The number of nitrogens with zero attached hydrogens (tertiary/aromatic N) is 5. The number of carboxylic acids is 1. The standard InChI is InChI=1S/C27H29N5O7/c1-15-23(25(24(27(33)34)16(2)28-15)18-7-6-8-19(12-18)32(35)36)26-29-22(30-39-26)14-31(3)13-17-9-10-20(37-4)21(11-17)38-5/h6-12,24-25H,13-14H2,1-5H3,(H,33,34). The van der Waals surface area contributed by atoms with Crippen molar-refractivity contribution in [3.05, 3.63) is 81.1 Å². The maximum Gasteiger partial charge on any atom is 0.313 e. The summed E-state index contributed by atoms with van der Waals surface area (Å²) in [6, 6.07) is 11.6. The van der Waals surface area contributed by atoms with E-state index in [9.17, 15) is 20.0 Å². The minimum atomic E-state index is -1.10. The fourth-order valence-electron chi connectivity index (χ4n) is 4.84. The average Bonchev–Trinajstić information content (AvgIpc) is 3.35. The molecule has 0 fully saturated rings. The molecule has 3 aromatic rings. The van der Waals surface area contributed by atoms with E-state index in [-0.39, 0.29) is 11.6 Å². The number of nitro benzene ring substituents is 1. The Morgan fingerprint density at radius 1 is 1.13 bits per heavy atom. The van der Waals surface area contributed by atoms with Crippen molar-refractivity contribution in [1.29, 1.82) is 0 Å². The third-order valence-corrected chi connectivity index (χ3v) is 6.54. The number of aliphatic imine (C=N–C) groups is 1. The van der Waals surface area contributed by atoms with Gasteiger partial charge in [-0.15, -0.1) is 0 Å². The van der Waals surface area contributed by atoms with Crippen LogP contribution in [0.5, 0.6) is 11.5 Å². The normalized spacial score (nSPS) is 17.2. The maximum absolute atomic E-state index is 12.3. The number of nitro groups is 1. The van der Waals surface area contributed by atoms with E-state index in [0.29, 0.717) is 53.0 Å². The van der Waals surface area contributed by atoms with Gasteiger partial charge in [-0.1, -0.05) is 23.4 Å². The van der Waals surface area contributed by atoms with E-state index in [2.05, 4.69) is 15.1 Å². The van der Waals surface area contributed by atoms with Crippen LogP contribution in [-0.4, -0.2) is 58.0 Å². The lowest BCUT2D eigenvalue weighted by molar-refractivity contribution is -0.384. The van der Waals surface area contributed by atoms with Crippen LogP contribution in [0.3, 0.4) is 0 Å². The second-order valence-corrected chi connectivity index (χ2v) is 9.28. The lowest BCUT2D eigenvalue weighted by Crippen LogP contribution is -2.32. The Hall–Kier alpha value is -4.58. The average molecular weight is 536 g/mol. The highest BCUT2D eigenvalue weighted by atomic mass is 16.6. The molecule has 2 unspecified atom stereocenters. The van der Waals surface area contributed by atoms with Gasteiger partial charge < -0.3 is 19.1 Å². The molecule has 0 aliphatic carbocycles. The van der Waals surface area contributed by atoms with Crippen molar-refractivity contribution in [3.8, 4) is 11.5 Å². The SMILES string of the molecule is COc1ccc(CN(C)Cc2noc(C3=C(C)N=C(C)C(C(=O)O)C3c3cccc([N+](=O)[O-])c3)n2)cc1OC. The minimum Gasteiger partial charge on any atom is -0.493 e. The van der Waals surface area contributed by atoms with Gasteiger partial charge in [0.2, 0.25) is 0 Å². The van der Waals surface area contributed by atoms with Crippen molar-refractivity contribution in [3.63, 3.8) is 0 Å². The first-order valence-electron chi connectivity index (χ1n) is 12.1. The summed E-state index contributed by atoms with van der Waals surface area (Å²) in [5.41, 5.74) is 2.62. The highest BCUT2D eigenvalue weighted by Crippen LogP contribution is 2.44. The van der Waals surface area contributed by atoms with Gasteiger partial charge in [-0.05, 0) is 44.2 Å². The first kappa shape index (κ1) is 27.5. The third-order valence-electron chi connectivity index (χ3n) is 6.54. The van der Waals surface area contributed by atoms with Crippen LogP contribution in [0.2, 0.25) is 0 Å². The number of hydrogen-bond acceptors (Lipinski definition) is 10. The number of aromatic nitrogens is 2. The summed E-state index contributed by atoms with van der Waals surface area (Å²) < 4.78 is 16.3. The van der Waals surface area contributed by atoms with Crippen LogP contribution in [0.25, 0.3) is 5.57 Å². The molecule has 1 aromatic heterocycles. The van der Waals surface area contributed by atoms with Crippen LogP contribution in [0.4, 0.5) is 5.69 Å². The highest BCUT2D eigenvalue weighted by Gasteiger charge is 2.41. The van der Waals surface area contributed by atoms with Gasteiger partial charge in [0, 0.05) is 41.6 Å². The quantitative estimate of drug-likeness (QED) is 0.293. The summed E-state index contributed by atoms with van der Waals surface area (Å²) in [5, 5.41) is 25.6. The van der Waals surface area contributed by atoms with Crippen LogP contribution >= 0.6 is 0 Å². The molecule has 0 saturated heterocycles. The van der Waals surface area contributed by atoms with Crippen LogP contribution in [0, 0.1) is 16.0 Å². The van der Waals surface area contributed by atoms with Gasteiger partial charge in [-0.3, -0.25) is 24.8 Å². The number of non-ortho nitro benzene ring substituents is 1. The van der Waals surface area contributed by atoms with Crippen molar-refractivity contribution >= 4 is 22.9 Å². The number of carbonyl (C=O) groups is 1. The summed E-state index contributed by atoms with van der Waals surface area (Å²) in [4.78, 5) is 34.2. The predicted molar refractivity (Wildman–Crippen MR) is 142 cm³/mol. The fraction of sp³-hybridized carbons (Fsp3) is 0.333. The second-order valence-electron chi connectivity index (χ2n) is 9.28. The van der Waals surface area contributed by atoms with Gasteiger partial charge in [0.05, 0.1) is 25.7 Å². The summed E-state index contributed by atoms with van der Waals surface area (Å²) in [6.07, 6.45) is 0. The third kappa shape index (κ3) is 5.80. The first-order valence-corrected chi connectivity index (χ1v) is 12.1. The molecule has 2 heterocycles. The molecule has 39 heavy (non-hydrogen) atoms. The number of carboxylic acid groups (broad SMARTS) is 1. The second kappa shape index (κ2) is 11.4. The van der Waals surface area contributed by atoms with Crippen molar-refractivity contribution in [2.24, 2.45) is 10.9 Å². The van der Waals surface area contributed by atoms with E-state index in [1.165, 1.54) is 18.2 Å². The van der Waals surface area contributed by atoms with E-state index < -0.39 is 22.7 Å². The van der Waals surface area contributed by atoms with Crippen LogP contribution in [0.1, 0.15) is 42.6 Å². The zero-order chi connectivity index (χ0) is 28.3. The molecule has 2 atom stereocenters. The molecule has 0 bridgehead atoms. The molecule has 204 valence electrons. The first-order chi connectivity index (χ1) is 18.6. The summed E-state index contributed by atoms with van der Waals surface area (Å²) in [7, 11) is 5.06. The maximum atomic E-state index is 12.3. The van der Waals surface area contributed by atoms with E-state index in [4.69, 9.17) is 14.0 Å². The number of benzene rings is 2. The van der Waals surface area contributed by atoms with Gasteiger partial charge in [-0.25, -0.2) is 0 Å². The number of aliphatic carboxylic acids is 1. The fourth-order valence-corrected chi connectivity index (χ4v) is 4.84. The van der Waals surface area contributed by atoms with E-state index in [1.54, 1.807) is 34.1 Å². The molecule has 12 nitrogen and oxygen atoms in total. The lowest BCUT2D eigenvalue weighted by atomic mass is 9.75. The lowest BCUT2D eigenvalue weighted by Gasteiger charge is -2.29. The molecule has 1 aliphatic rings. The zero-order valence-corrected chi connectivity index (χ0v) is 22.2. The van der Waals surface area contributed by atoms with Crippen molar-refractivity contribution in [2.45, 2.75) is 32.9 Å². The molecule has 2 aromatic carbocycles. The summed E-state index contributed by atoms with van der Waals surface area (Å²) in [6.45, 7) is 4.27. The molecule has 0 radical (unpaired) electrons. The number of methoxy groups -OCH3 is 2. The van der Waals surface area contributed by atoms with E-state index in [0.717, 1.165) is 5.56 Å². The molecule has 0 saturated carbocycles. The van der Waals surface area contributed by atoms with Gasteiger partial charge in [0.25, 0.3) is 11.6 Å². The van der Waals surface area contributed by atoms with Crippen molar-refractivity contribution < 1.29 is 28.8 Å². The Labute approximate surface area is 224 Å². The Kier molecular flexibility index (Phi) is 8.05. The zero-order valence-electron chi connectivity index (χ0n) is 22.2. The molecular weight excluding hydrogens is 506 g/mol. The van der Waals surface area contributed by atoms with Crippen LogP contribution in [0.15, 0.2) is 57.7 Å². The van der Waals surface area contributed by atoms with Gasteiger partial charge in [-0.2, -0.15) is 4.98 Å². The van der Waals surface area contributed by atoms with E-state index in [1.807, 2.05) is 30.1 Å². The molecule has 0 spiro atoms. The van der Waals surface area contributed by atoms with Gasteiger partial charge in [0.15, 0.2) is 17.3 Å². The Morgan fingerprint density at radius 2 is 1.87 bits per heavy atom. The van der Waals surface area contributed by atoms with Crippen molar-refractivity contribution in [2.75, 3.05) is 21.3 Å². The van der Waals surface area contributed by atoms with Crippen LogP contribution in [-0.2, 0) is 17.9 Å². The number of allylic oxidation sites excluding steroid dienone is 2. The molecule has 12 heteroatoms. The summed E-state index contributed by atoms with van der Waals surface area (Å²) in [5.74, 6) is -1.19. The smallest absolute Gasteiger partial charge is 0.313 e. The number of hydrogen-bond donors (Lipinski definition) is 1. The molecule has 1 aliphatic heterocycles. The monoisotopic (exact) mass is 535 g/mol. The predicted octanol–water partition coefficient (Wildman–Crippen LogP) is 4.32. The number of ether oxygens (including phenoxy) is 2. The summed E-state index contributed by atoms with van der Waals surface area (Å²) >= 11 is 0. The highest BCUT2D eigenvalue weighted by molar-refractivity contribution is 6.05. The van der Waals surface area contributed by atoms with Crippen molar-refractivity contribution in [1.82, 2.24) is 15.0 Å². The van der Waals surface area contributed by atoms with Gasteiger partial charge >= 0.3 is 5.97 Å². The van der Waals surface area contributed by atoms with Gasteiger partial charge in [0.1, 0.15) is 5.92 Å². The Morgan fingerprint density at radius 3 is 2.54 bits per heavy atom. The topological polar surface area (TPSA) is 153 Å². The molecule has 1 N–H and O–H groups in total. The number of rotatable bonds is 10. The molecule has 4 rings (SSSR count). The minimum absolute atomic E-state index is 0.126. The molecular formula is C27H29N5O7. The largest absolute Gasteiger partial charge is 0.493 e. The van der Waals surface area contributed by atoms with E-state index >= 15 is 0 Å².